The summed E-state index contributed by atoms with van der Waals surface area (Å²) in [4.78, 5) is 16.8. The van der Waals surface area contributed by atoms with Crippen molar-refractivity contribution >= 4 is 27.2 Å². The van der Waals surface area contributed by atoms with E-state index in [9.17, 15) is 4.79 Å². The fourth-order valence-electron chi connectivity index (χ4n) is 2.25. The topological polar surface area (TPSA) is 70.1 Å². The molecule has 0 aliphatic heterocycles. The van der Waals surface area contributed by atoms with Gasteiger partial charge >= 0.3 is 0 Å². The molecule has 0 bridgehead atoms. The number of hydrogen-bond donors (Lipinski definition) is 1. The molecule has 0 aliphatic rings. The van der Waals surface area contributed by atoms with E-state index in [1.54, 1.807) is 24.1 Å². The van der Waals surface area contributed by atoms with Crippen LogP contribution in [0.15, 0.2) is 34.7 Å². The monoisotopic (exact) mass is 301 g/mol. The van der Waals surface area contributed by atoms with E-state index in [1.807, 2.05) is 24.4 Å². The van der Waals surface area contributed by atoms with E-state index < -0.39 is 0 Å². The smallest absolute Gasteiger partial charge is 0.271 e. The molecule has 0 unspecified atom stereocenters. The van der Waals surface area contributed by atoms with Crippen molar-refractivity contribution in [2.45, 2.75) is 13.5 Å². The Balaban J connectivity index is 2.00. The quantitative estimate of drug-likeness (QED) is 0.754. The molecule has 2 aromatic heterocycles. The normalized spacial score (nSPS) is 11.0. The van der Waals surface area contributed by atoms with Gasteiger partial charge in [0.05, 0.1) is 31.2 Å². The Hall–Kier alpha value is -2.34. The molecule has 5 nitrogen and oxygen atoms in total. The third kappa shape index (κ3) is 2.38. The van der Waals surface area contributed by atoms with Crippen LogP contribution in [0.5, 0.6) is 5.75 Å². The van der Waals surface area contributed by atoms with Gasteiger partial charge < -0.3 is 10.5 Å². The number of thiophene rings is 1. The zero-order valence-corrected chi connectivity index (χ0v) is 12.6. The van der Waals surface area contributed by atoms with Gasteiger partial charge in [-0.1, -0.05) is 6.07 Å². The number of fused-ring (bicyclic) bond motifs is 1. The zero-order chi connectivity index (χ0) is 15.0. The van der Waals surface area contributed by atoms with Crippen LogP contribution in [0.1, 0.15) is 11.1 Å². The lowest BCUT2D eigenvalue weighted by Gasteiger charge is -2.09. The molecule has 108 valence electrons. The van der Waals surface area contributed by atoms with Gasteiger partial charge in [0.2, 0.25) is 0 Å². The molecule has 3 rings (SSSR count). The molecule has 0 fully saturated rings. The predicted octanol–water partition coefficient (Wildman–Crippen LogP) is 2.41. The molecule has 2 heterocycles. The molecule has 0 atom stereocenters. The molecular formula is C15H15N3O2S. The van der Waals surface area contributed by atoms with Crippen LogP contribution in [0.25, 0.3) is 10.2 Å². The lowest BCUT2D eigenvalue weighted by molar-refractivity contribution is 0.417. The molecule has 21 heavy (non-hydrogen) atoms. The molecular weight excluding hydrogens is 286 g/mol. The molecule has 0 saturated heterocycles. The van der Waals surface area contributed by atoms with Crippen molar-refractivity contribution in [1.29, 1.82) is 0 Å². The minimum atomic E-state index is -0.0208. The fourth-order valence-corrected chi connectivity index (χ4v) is 3.20. The highest BCUT2D eigenvalue weighted by Gasteiger charge is 2.09. The van der Waals surface area contributed by atoms with Crippen LogP contribution in [0.3, 0.4) is 0 Å². The first-order valence-corrected chi connectivity index (χ1v) is 7.33. The highest BCUT2D eigenvalue weighted by Crippen LogP contribution is 2.23. The first-order valence-electron chi connectivity index (χ1n) is 6.46. The van der Waals surface area contributed by atoms with Gasteiger partial charge in [-0.25, -0.2) is 4.98 Å². The van der Waals surface area contributed by atoms with Gasteiger partial charge in [0.15, 0.2) is 0 Å². The number of aromatic nitrogens is 2. The summed E-state index contributed by atoms with van der Waals surface area (Å²) >= 11 is 1.43. The van der Waals surface area contributed by atoms with Crippen LogP contribution in [0, 0.1) is 6.92 Å². The summed E-state index contributed by atoms with van der Waals surface area (Å²) in [6.07, 6.45) is 1.59. The van der Waals surface area contributed by atoms with E-state index in [-0.39, 0.29) is 5.56 Å². The van der Waals surface area contributed by atoms with Gasteiger partial charge in [0.25, 0.3) is 5.56 Å². The number of benzene rings is 1. The number of nitrogens with two attached hydrogens (primary N) is 1. The molecule has 0 amide bonds. The average Bonchev–Trinajstić information content (AvgIpc) is 2.84. The maximum atomic E-state index is 12.4. The van der Waals surface area contributed by atoms with Gasteiger partial charge in [-0.2, -0.15) is 0 Å². The third-order valence-electron chi connectivity index (χ3n) is 3.37. The summed E-state index contributed by atoms with van der Waals surface area (Å²) in [5.41, 5.74) is 9.19. The first-order chi connectivity index (χ1) is 10.1. The van der Waals surface area contributed by atoms with Crippen molar-refractivity contribution in [3.63, 3.8) is 0 Å². The Morgan fingerprint density at radius 3 is 2.95 bits per heavy atom. The fraction of sp³-hybridized carbons (Fsp3) is 0.200. The van der Waals surface area contributed by atoms with Crippen LogP contribution < -0.4 is 16.0 Å². The Labute approximate surface area is 125 Å². The second-order valence-electron chi connectivity index (χ2n) is 4.85. The summed E-state index contributed by atoms with van der Waals surface area (Å²) in [5, 5.41) is 1.95. The average molecular weight is 301 g/mol. The minimum Gasteiger partial charge on any atom is -0.495 e. The van der Waals surface area contributed by atoms with Crippen LogP contribution in [0.4, 0.5) is 5.69 Å². The second-order valence-corrected chi connectivity index (χ2v) is 5.73. The summed E-state index contributed by atoms with van der Waals surface area (Å²) in [6.45, 7) is 2.40. The van der Waals surface area contributed by atoms with Gasteiger partial charge in [0.1, 0.15) is 10.4 Å². The third-order valence-corrected chi connectivity index (χ3v) is 4.45. The number of anilines is 1. The standard InChI is InChI=1S/C15H15N3O2S/c1-9-7-21-14-13(9)17-8-18(15(14)19)6-10-3-4-12(20-2)11(16)5-10/h3-5,7-8H,6,16H2,1-2H3. The second kappa shape index (κ2) is 5.21. The first kappa shape index (κ1) is 13.6. The van der Waals surface area contributed by atoms with Crippen molar-refractivity contribution in [1.82, 2.24) is 9.55 Å². The SMILES string of the molecule is COc1ccc(Cn2cnc3c(C)csc3c2=O)cc1N. The summed E-state index contributed by atoms with van der Waals surface area (Å²) in [5.74, 6) is 0.633. The lowest BCUT2D eigenvalue weighted by Crippen LogP contribution is -2.20. The van der Waals surface area contributed by atoms with Crippen molar-refractivity contribution in [3.05, 3.63) is 51.4 Å². The highest BCUT2D eigenvalue weighted by atomic mass is 32.1. The number of rotatable bonds is 3. The van der Waals surface area contributed by atoms with Gasteiger partial charge in [0, 0.05) is 0 Å². The van der Waals surface area contributed by atoms with Gasteiger partial charge in [-0.05, 0) is 35.6 Å². The van der Waals surface area contributed by atoms with E-state index in [2.05, 4.69) is 4.98 Å². The molecule has 0 saturated carbocycles. The van der Waals surface area contributed by atoms with Crippen molar-refractivity contribution in [2.75, 3.05) is 12.8 Å². The molecule has 0 radical (unpaired) electrons. The number of methoxy groups -OCH3 is 1. The van der Waals surface area contributed by atoms with E-state index in [4.69, 9.17) is 10.5 Å². The molecule has 3 aromatic rings. The highest BCUT2D eigenvalue weighted by molar-refractivity contribution is 7.17. The maximum Gasteiger partial charge on any atom is 0.271 e. The van der Waals surface area contributed by atoms with E-state index >= 15 is 0 Å². The summed E-state index contributed by atoms with van der Waals surface area (Å²) in [7, 11) is 1.58. The van der Waals surface area contributed by atoms with Crippen LogP contribution in [-0.4, -0.2) is 16.7 Å². The molecule has 1 aromatic carbocycles. The van der Waals surface area contributed by atoms with Crippen LogP contribution in [-0.2, 0) is 6.54 Å². The largest absolute Gasteiger partial charge is 0.495 e. The summed E-state index contributed by atoms with van der Waals surface area (Å²) in [6, 6.07) is 5.51. The Morgan fingerprint density at radius 1 is 1.43 bits per heavy atom. The number of nitrogen functional groups attached to an aromatic ring is 1. The lowest BCUT2D eigenvalue weighted by atomic mass is 10.2. The molecule has 0 spiro atoms. The van der Waals surface area contributed by atoms with E-state index in [1.165, 1.54) is 11.3 Å². The summed E-state index contributed by atoms with van der Waals surface area (Å²) < 4.78 is 7.42. The maximum absolute atomic E-state index is 12.4. The minimum absolute atomic E-state index is 0.0208. The Bertz CT molecular complexity index is 867. The van der Waals surface area contributed by atoms with Crippen LogP contribution >= 0.6 is 11.3 Å². The number of hydrogen-bond acceptors (Lipinski definition) is 5. The molecule has 6 heteroatoms. The van der Waals surface area contributed by atoms with Gasteiger partial charge in [-0.3, -0.25) is 9.36 Å². The predicted molar refractivity (Wildman–Crippen MR) is 85.1 cm³/mol. The molecule has 2 N–H and O–H groups in total. The van der Waals surface area contributed by atoms with E-state index in [0.717, 1.165) is 16.6 Å². The number of nitrogens with zero attached hydrogens (tertiary/aromatic N) is 2. The Kier molecular flexibility index (Phi) is 3.39. The van der Waals surface area contributed by atoms with E-state index in [0.29, 0.717) is 22.7 Å². The van der Waals surface area contributed by atoms with Crippen molar-refractivity contribution < 1.29 is 4.74 Å². The Morgan fingerprint density at radius 2 is 2.24 bits per heavy atom. The number of aryl methyl sites for hydroxylation is 1. The van der Waals surface area contributed by atoms with Gasteiger partial charge in [-0.15, -0.1) is 11.3 Å². The van der Waals surface area contributed by atoms with Crippen LogP contribution in [0.2, 0.25) is 0 Å². The number of ether oxygens (including phenoxy) is 1. The molecule has 0 aliphatic carbocycles. The van der Waals surface area contributed by atoms with Crippen molar-refractivity contribution in [3.8, 4) is 5.75 Å². The zero-order valence-electron chi connectivity index (χ0n) is 11.8. The van der Waals surface area contributed by atoms with Crippen molar-refractivity contribution in [2.24, 2.45) is 0 Å².